The molecule has 1 heterocycles. The molecule has 18 heavy (non-hydrogen) atoms. The van der Waals surface area contributed by atoms with Crippen molar-refractivity contribution in [3.63, 3.8) is 0 Å². The van der Waals surface area contributed by atoms with E-state index in [1.807, 2.05) is 45.2 Å². The van der Waals surface area contributed by atoms with Crippen molar-refractivity contribution >= 4 is 0 Å². The van der Waals surface area contributed by atoms with Gasteiger partial charge in [0.2, 0.25) is 0 Å². The third-order valence-corrected chi connectivity index (χ3v) is 2.80. The fourth-order valence-corrected chi connectivity index (χ4v) is 1.69. The molecule has 0 unspecified atom stereocenters. The van der Waals surface area contributed by atoms with Crippen molar-refractivity contribution < 1.29 is 4.74 Å². The maximum absolute atomic E-state index is 5.99. The summed E-state index contributed by atoms with van der Waals surface area (Å²) in [6.45, 7) is 5.80. The number of hydrogen-bond donors (Lipinski definition) is 1. The summed E-state index contributed by atoms with van der Waals surface area (Å²) in [4.78, 5) is 0. The first kappa shape index (κ1) is 12.6. The monoisotopic (exact) mass is 246 g/mol. The lowest BCUT2D eigenvalue weighted by atomic mass is 10.0. The Bertz CT molecular complexity index is 554. The Morgan fingerprint density at radius 1 is 1.33 bits per heavy atom. The second-order valence-electron chi connectivity index (χ2n) is 4.92. The van der Waals surface area contributed by atoms with Gasteiger partial charge in [0, 0.05) is 0 Å². The van der Waals surface area contributed by atoms with E-state index in [1.165, 1.54) is 0 Å². The summed E-state index contributed by atoms with van der Waals surface area (Å²) in [6, 6.07) is 5.86. The van der Waals surface area contributed by atoms with Crippen molar-refractivity contribution in [2.45, 2.75) is 26.3 Å². The van der Waals surface area contributed by atoms with Gasteiger partial charge in [-0.25, -0.2) is 4.68 Å². The van der Waals surface area contributed by atoms with Crippen molar-refractivity contribution in [3.05, 3.63) is 35.7 Å². The van der Waals surface area contributed by atoms with Crippen LogP contribution in [-0.4, -0.2) is 22.1 Å². The Kier molecular flexibility index (Phi) is 3.09. The summed E-state index contributed by atoms with van der Waals surface area (Å²) in [5.74, 6) is 0.859. The summed E-state index contributed by atoms with van der Waals surface area (Å²) in [5, 5.41) is 8.19. The van der Waals surface area contributed by atoms with E-state index in [2.05, 4.69) is 10.3 Å². The summed E-state index contributed by atoms with van der Waals surface area (Å²) < 4.78 is 6.95. The average molecular weight is 246 g/mol. The summed E-state index contributed by atoms with van der Waals surface area (Å²) in [7, 11) is 1.66. The fraction of sp³-hybridized carbons (Fsp3) is 0.385. The molecule has 96 valence electrons. The lowest BCUT2D eigenvalue weighted by molar-refractivity contribution is 0.411. The number of hydrogen-bond acceptors (Lipinski definition) is 4. The van der Waals surface area contributed by atoms with Gasteiger partial charge in [0.25, 0.3) is 0 Å². The Balaban J connectivity index is 2.38. The molecule has 1 aromatic heterocycles. The maximum Gasteiger partial charge on any atom is 0.121 e. The van der Waals surface area contributed by atoms with E-state index in [4.69, 9.17) is 10.5 Å². The molecule has 0 amide bonds. The van der Waals surface area contributed by atoms with Crippen molar-refractivity contribution in [1.82, 2.24) is 15.0 Å². The number of aryl methyl sites for hydroxylation is 1. The number of nitrogens with two attached hydrogens (primary N) is 1. The van der Waals surface area contributed by atoms with E-state index in [1.54, 1.807) is 11.8 Å². The van der Waals surface area contributed by atoms with Crippen molar-refractivity contribution in [2.24, 2.45) is 5.73 Å². The van der Waals surface area contributed by atoms with Gasteiger partial charge in [0.15, 0.2) is 0 Å². The van der Waals surface area contributed by atoms with Gasteiger partial charge in [0.05, 0.1) is 24.5 Å². The van der Waals surface area contributed by atoms with Gasteiger partial charge in [-0.1, -0.05) is 5.21 Å². The van der Waals surface area contributed by atoms with Gasteiger partial charge in [0.1, 0.15) is 11.4 Å². The largest absolute Gasteiger partial charge is 0.496 e. The second-order valence-corrected chi connectivity index (χ2v) is 4.92. The molecule has 2 rings (SSSR count). The third kappa shape index (κ3) is 2.36. The van der Waals surface area contributed by atoms with Crippen molar-refractivity contribution in [1.29, 1.82) is 0 Å². The number of methoxy groups -OCH3 is 1. The molecule has 5 heteroatoms. The van der Waals surface area contributed by atoms with Crippen LogP contribution in [0.15, 0.2) is 24.4 Å². The van der Waals surface area contributed by atoms with Crippen LogP contribution in [-0.2, 0) is 5.54 Å². The van der Waals surface area contributed by atoms with Crippen LogP contribution in [0.5, 0.6) is 5.75 Å². The Hall–Kier alpha value is -1.88. The van der Waals surface area contributed by atoms with Gasteiger partial charge in [-0.05, 0) is 44.5 Å². The van der Waals surface area contributed by atoms with Crippen LogP contribution < -0.4 is 10.5 Å². The molecule has 0 atom stereocenters. The van der Waals surface area contributed by atoms with E-state index in [-0.39, 0.29) is 0 Å². The van der Waals surface area contributed by atoms with Crippen molar-refractivity contribution in [2.75, 3.05) is 7.11 Å². The standard InChI is InChI=1S/C13H18N4O/c1-9-7-10(5-6-11(9)18-4)17-8-12(15-16-17)13(2,3)14/h5-8H,14H2,1-4H3. The molecule has 0 fully saturated rings. The third-order valence-electron chi connectivity index (χ3n) is 2.80. The van der Waals surface area contributed by atoms with Gasteiger partial charge in [-0.2, -0.15) is 0 Å². The first-order chi connectivity index (χ1) is 8.41. The molecule has 0 saturated heterocycles. The molecule has 0 aliphatic heterocycles. The quantitative estimate of drug-likeness (QED) is 0.896. The molecule has 0 saturated carbocycles. The van der Waals surface area contributed by atoms with Crippen LogP contribution in [0.3, 0.4) is 0 Å². The molecule has 2 N–H and O–H groups in total. The number of benzene rings is 1. The zero-order chi connectivity index (χ0) is 13.3. The second kappa shape index (κ2) is 4.42. The highest BCUT2D eigenvalue weighted by Crippen LogP contribution is 2.21. The fourth-order valence-electron chi connectivity index (χ4n) is 1.69. The van der Waals surface area contributed by atoms with E-state index in [0.29, 0.717) is 0 Å². The minimum Gasteiger partial charge on any atom is -0.496 e. The molecule has 1 aromatic carbocycles. The molecule has 0 spiro atoms. The highest BCUT2D eigenvalue weighted by atomic mass is 16.5. The van der Waals surface area contributed by atoms with E-state index in [0.717, 1.165) is 22.7 Å². The minimum absolute atomic E-state index is 0.486. The molecule has 0 aliphatic rings. The van der Waals surface area contributed by atoms with E-state index in [9.17, 15) is 0 Å². The SMILES string of the molecule is COc1ccc(-n2cc(C(C)(C)N)nn2)cc1C. The Morgan fingerprint density at radius 2 is 2.06 bits per heavy atom. The number of aromatic nitrogens is 3. The van der Waals surface area contributed by atoms with Crippen LogP contribution in [0, 0.1) is 6.92 Å². The Morgan fingerprint density at radius 3 is 2.56 bits per heavy atom. The normalized spacial score (nSPS) is 11.6. The number of rotatable bonds is 3. The average Bonchev–Trinajstić information content (AvgIpc) is 2.77. The molecular formula is C13H18N4O. The van der Waals surface area contributed by atoms with E-state index < -0.39 is 5.54 Å². The van der Waals surface area contributed by atoms with Crippen LogP contribution >= 0.6 is 0 Å². The lowest BCUT2D eigenvalue weighted by Gasteiger charge is -2.13. The van der Waals surface area contributed by atoms with E-state index >= 15 is 0 Å². The van der Waals surface area contributed by atoms with Crippen molar-refractivity contribution in [3.8, 4) is 11.4 Å². The molecule has 0 bridgehead atoms. The zero-order valence-electron chi connectivity index (χ0n) is 11.1. The van der Waals surface area contributed by atoms with Crippen LogP contribution in [0.25, 0.3) is 5.69 Å². The first-order valence-electron chi connectivity index (χ1n) is 5.78. The predicted octanol–water partition coefficient (Wildman–Crippen LogP) is 1.78. The van der Waals surface area contributed by atoms with Crippen LogP contribution in [0.4, 0.5) is 0 Å². The number of nitrogens with zero attached hydrogens (tertiary/aromatic N) is 3. The van der Waals surface area contributed by atoms with Crippen LogP contribution in [0.1, 0.15) is 25.1 Å². The highest BCUT2D eigenvalue weighted by Gasteiger charge is 2.18. The molecule has 5 nitrogen and oxygen atoms in total. The van der Waals surface area contributed by atoms with Crippen LogP contribution in [0.2, 0.25) is 0 Å². The minimum atomic E-state index is -0.486. The molecule has 0 radical (unpaired) electrons. The topological polar surface area (TPSA) is 66.0 Å². The smallest absolute Gasteiger partial charge is 0.121 e. The Labute approximate surface area is 107 Å². The predicted molar refractivity (Wildman–Crippen MR) is 69.9 cm³/mol. The summed E-state index contributed by atoms with van der Waals surface area (Å²) in [5.41, 5.74) is 8.26. The van der Waals surface area contributed by atoms with Gasteiger partial charge < -0.3 is 10.5 Å². The first-order valence-corrected chi connectivity index (χ1v) is 5.78. The van der Waals surface area contributed by atoms with Gasteiger partial charge in [-0.15, -0.1) is 5.10 Å². The summed E-state index contributed by atoms with van der Waals surface area (Å²) in [6.07, 6.45) is 1.85. The lowest BCUT2D eigenvalue weighted by Crippen LogP contribution is -2.29. The zero-order valence-corrected chi connectivity index (χ0v) is 11.1. The molecule has 2 aromatic rings. The molecular weight excluding hydrogens is 228 g/mol. The highest BCUT2D eigenvalue weighted by molar-refractivity contribution is 5.43. The van der Waals surface area contributed by atoms with Gasteiger partial charge in [-0.3, -0.25) is 0 Å². The maximum atomic E-state index is 5.99. The number of ether oxygens (including phenoxy) is 1. The summed E-state index contributed by atoms with van der Waals surface area (Å²) >= 11 is 0. The van der Waals surface area contributed by atoms with Gasteiger partial charge >= 0.3 is 0 Å². The molecule has 0 aliphatic carbocycles.